The molecule has 80 valence electrons. The maximum atomic E-state index is 4.31. The summed E-state index contributed by atoms with van der Waals surface area (Å²) in [4.78, 5) is 4.31. The van der Waals surface area contributed by atoms with Gasteiger partial charge in [-0.3, -0.25) is 4.98 Å². The molecule has 1 atom stereocenters. The van der Waals surface area contributed by atoms with Crippen molar-refractivity contribution >= 4 is 6.08 Å². The summed E-state index contributed by atoms with van der Waals surface area (Å²) in [5.41, 5.74) is 2.38. The van der Waals surface area contributed by atoms with Gasteiger partial charge in [-0.15, -0.1) is 0 Å². The molecule has 2 heterocycles. The van der Waals surface area contributed by atoms with E-state index in [9.17, 15) is 0 Å². The van der Waals surface area contributed by atoms with Crippen molar-refractivity contribution in [1.29, 1.82) is 0 Å². The lowest BCUT2D eigenvalue weighted by atomic mass is 10.0. The topological polar surface area (TPSA) is 24.9 Å². The van der Waals surface area contributed by atoms with Crippen molar-refractivity contribution in [2.45, 2.75) is 26.2 Å². The molecule has 0 radical (unpaired) electrons. The first-order valence-electron chi connectivity index (χ1n) is 5.70. The molecule has 0 amide bonds. The molecule has 0 unspecified atom stereocenters. The monoisotopic (exact) mass is 202 g/mol. The van der Waals surface area contributed by atoms with Crippen molar-refractivity contribution in [2.75, 3.05) is 6.54 Å². The highest BCUT2D eigenvalue weighted by Crippen LogP contribution is 2.18. The van der Waals surface area contributed by atoms with Gasteiger partial charge in [0.25, 0.3) is 0 Å². The van der Waals surface area contributed by atoms with E-state index in [1.54, 1.807) is 0 Å². The second-order valence-corrected chi connectivity index (χ2v) is 4.28. The van der Waals surface area contributed by atoms with E-state index in [1.807, 2.05) is 24.4 Å². The Labute approximate surface area is 91.4 Å². The number of allylic oxidation sites excluding steroid dienone is 1. The summed E-state index contributed by atoms with van der Waals surface area (Å²) in [6, 6.07) is 6.02. The third-order valence-electron chi connectivity index (χ3n) is 2.91. The summed E-state index contributed by atoms with van der Waals surface area (Å²) in [7, 11) is 0. The van der Waals surface area contributed by atoms with Gasteiger partial charge in [0, 0.05) is 18.4 Å². The quantitative estimate of drug-likeness (QED) is 0.757. The van der Waals surface area contributed by atoms with Crippen LogP contribution in [0.5, 0.6) is 0 Å². The van der Waals surface area contributed by atoms with Crippen LogP contribution in [0.4, 0.5) is 0 Å². The SMILES string of the molecule is C[C@H]1CCN/C(=C/c2ccccn2)CC1. The van der Waals surface area contributed by atoms with Gasteiger partial charge in [-0.2, -0.15) is 0 Å². The van der Waals surface area contributed by atoms with Gasteiger partial charge in [0.05, 0.1) is 5.69 Å². The van der Waals surface area contributed by atoms with Gasteiger partial charge >= 0.3 is 0 Å². The van der Waals surface area contributed by atoms with Crippen LogP contribution in [0, 0.1) is 5.92 Å². The first-order valence-corrected chi connectivity index (χ1v) is 5.70. The first-order chi connectivity index (χ1) is 7.34. The lowest BCUT2D eigenvalue weighted by Crippen LogP contribution is -2.12. The number of rotatable bonds is 1. The van der Waals surface area contributed by atoms with Gasteiger partial charge in [-0.05, 0) is 43.4 Å². The standard InChI is InChI=1S/C13H18N2/c1-11-5-6-13(15-9-7-11)10-12-4-2-3-8-14-12/h2-4,8,10-11,15H,5-7,9H2,1H3/b13-10+/t11-/m1/s1. The molecule has 0 spiro atoms. The van der Waals surface area contributed by atoms with Crippen molar-refractivity contribution in [3.63, 3.8) is 0 Å². The van der Waals surface area contributed by atoms with Crippen LogP contribution in [-0.2, 0) is 0 Å². The summed E-state index contributed by atoms with van der Waals surface area (Å²) in [5, 5.41) is 3.48. The molecule has 1 N–H and O–H groups in total. The average Bonchev–Trinajstić information content (AvgIpc) is 2.46. The number of aromatic nitrogens is 1. The lowest BCUT2D eigenvalue weighted by Gasteiger charge is -2.05. The fourth-order valence-electron chi connectivity index (χ4n) is 1.88. The zero-order valence-electron chi connectivity index (χ0n) is 9.24. The molecule has 0 bridgehead atoms. The van der Waals surface area contributed by atoms with Crippen molar-refractivity contribution in [3.05, 3.63) is 35.8 Å². The van der Waals surface area contributed by atoms with Crippen LogP contribution in [0.1, 0.15) is 31.9 Å². The number of pyridine rings is 1. The fourth-order valence-corrected chi connectivity index (χ4v) is 1.88. The van der Waals surface area contributed by atoms with Gasteiger partial charge in [-0.25, -0.2) is 0 Å². The molecule has 0 saturated carbocycles. The maximum Gasteiger partial charge on any atom is 0.0646 e. The molecule has 15 heavy (non-hydrogen) atoms. The fraction of sp³-hybridized carbons (Fsp3) is 0.462. The van der Waals surface area contributed by atoms with Crippen LogP contribution in [0.15, 0.2) is 30.1 Å². The molecule has 1 fully saturated rings. The molecule has 1 aromatic heterocycles. The summed E-state index contributed by atoms with van der Waals surface area (Å²) >= 11 is 0. The predicted octanol–water partition coefficient (Wildman–Crippen LogP) is 2.83. The predicted molar refractivity (Wildman–Crippen MR) is 63.2 cm³/mol. The summed E-state index contributed by atoms with van der Waals surface area (Å²) < 4.78 is 0. The first kappa shape index (κ1) is 10.2. The van der Waals surface area contributed by atoms with Gasteiger partial charge in [0.15, 0.2) is 0 Å². The second kappa shape index (κ2) is 4.96. The Kier molecular flexibility index (Phi) is 3.38. The van der Waals surface area contributed by atoms with E-state index in [2.05, 4.69) is 23.3 Å². The van der Waals surface area contributed by atoms with E-state index in [0.717, 1.165) is 24.6 Å². The minimum absolute atomic E-state index is 0.840. The molecule has 1 aromatic rings. The Balaban J connectivity index is 2.06. The smallest absolute Gasteiger partial charge is 0.0646 e. The maximum absolute atomic E-state index is 4.31. The highest BCUT2D eigenvalue weighted by atomic mass is 14.9. The van der Waals surface area contributed by atoms with Gasteiger partial charge in [-0.1, -0.05) is 13.0 Å². The zero-order valence-corrected chi connectivity index (χ0v) is 9.24. The Morgan fingerprint density at radius 1 is 1.40 bits per heavy atom. The summed E-state index contributed by atoms with van der Waals surface area (Å²) in [6.07, 6.45) is 7.72. The van der Waals surface area contributed by atoms with Crippen LogP contribution >= 0.6 is 0 Å². The molecule has 0 aliphatic carbocycles. The highest BCUT2D eigenvalue weighted by molar-refractivity contribution is 5.47. The van der Waals surface area contributed by atoms with E-state index >= 15 is 0 Å². The van der Waals surface area contributed by atoms with Crippen LogP contribution < -0.4 is 5.32 Å². The van der Waals surface area contributed by atoms with E-state index in [0.29, 0.717) is 0 Å². The van der Waals surface area contributed by atoms with Crippen molar-refractivity contribution < 1.29 is 0 Å². The van der Waals surface area contributed by atoms with Gasteiger partial charge in [0.2, 0.25) is 0 Å². The number of nitrogens with zero attached hydrogens (tertiary/aromatic N) is 1. The van der Waals surface area contributed by atoms with Gasteiger partial charge < -0.3 is 5.32 Å². The number of hydrogen-bond donors (Lipinski definition) is 1. The summed E-state index contributed by atoms with van der Waals surface area (Å²) in [5.74, 6) is 0.840. The van der Waals surface area contributed by atoms with Gasteiger partial charge in [0.1, 0.15) is 0 Å². The minimum atomic E-state index is 0.840. The molecule has 2 nitrogen and oxygen atoms in total. The second-order valence-electron chi connectivity index (χ2n) is 4.28. The van der Waals surface area contributed by atoms with E-state index in [4.69, 9.17) is 0 Å². The Morgan fingerprint density at radius 2 is 2.33 bits per heavy atom. The number of nitrogens with one attached hydrogen (secondary N) is 1. The van der Waals surface area contributed by atoms with Crippen molar-refractivity contribution in [1.82, 2.24) is 10.3 Å². The molecule has 1 aliphatic heterocycles. The molecule has 2 heteroatoms. The largest absolute Gasteiger partial charge is 0.388 e. The highest BCUT2D eigenvalue weighted by Gasteiger charge is 2.09. The normalized spacial score (nSPS) is 24.6. The molecular formula is C13H18N2. The molecule has 0 aromatic carbocycles. The Bertz CT molecular complexity index is 330. The zero-order chi connectivity index (χ0) is 10.5. The van der Waals surface area contributed by atoms with Crippen LogP contribution in [-0.4, -0.2) is 11.5 Å². The molecule has 2 rings (SSSR count). The molecular weight excluding hydrogens is 184 g/mol. The Hall–Kier alpha value is -1.31. The van der Waals surface area contributed by atoms with Crippen molar-refractivity contribution in [2.24, 2.45) is 5.92 Å². The third-order valence-corrected chi connectivity index (χ3v) is 2.91. The van der Waals surface area contributed by atoms with E-state index in [-0.39, 0.29) is 0 Å². The minimum Gasteiger partial charge on any atom is -0.388 e. The summed E-state index contributed by atoms with van der Waals surface area (Å²) in [6.45, 7) is 3.42. The Morgan fingerprint density at radius 3 is 3.13 bits per heavy atom. The third kappa shape index (κ3) is 3.08. The van der Waals surface area contributed by atoms with Crippen LogP contribution in [0.3, 0.4) is 0 Å². The van der Waals surface area contributed by atoms with Crippen LogP contribution in [0.25, 0.3) is 6.08 Å². The lowest BCUT2D eigenvalue weighted by molar-refractivity contribution is 0.520. The number of hydrogen-bond acceptors (Lipinski definition) is 2. The molecule has 1 aliphatic rings. The van der Waals surface area contributed by atoms with E-state index in [1.165, 1.54) is 18.5 Å². The molecule has 1 saturated heterocycles. The van der Waals surface area contributed by atoms with Crippen molar-refractivity contribution in [3.8, 4) is 0 Å². The van der Waals surface area contributed by atoms with E-state index < -0.39 is 0 Å². The van der Waals surface area contributed by atoms with Crippen LogP contribution in [0.2, 0.25) is 0 Å². The average molecular weight is 202 g/mol.